The molecule has 4 aromatic rings. The number of nitrogens with zero attached hydrogens (tertiary/aromatic N) is 2. The van der Waals surface area contributed by atoms with Crippen LogP contribution in [0.25, 0.3) is 11.1 Å². The molecule has 0 amide bonds. The van der Waals surface area contributed by atoms with Crippen LogP contribution in [0.5, 0.6) is 57.5 Å². The molecule has 0 spiro atoms. The lowest BCUT2D eigenvalue weighted by Gasteiger charge is -2.37. The summed E-state index contributed by atoms with van der Waals surface area (Å²) in [6.45, 7) is 11.0. The molecule has 4 aromatic carbocycles. The zero-order valence-electron chi connectivity index (χ0n) is 38.5. The molecule has 2 aliphatic carbocycles. The fraction of sp³-hybridized carbons (Fsp3) is 0.388. The Kier molecular flexibility index (Phi) is 16.7. The molecule has 0 saturated carbocycles. The third kappa shape index (κ3) is 10.1. The normalized spacial score (nSPS) is 14.7. The van der Waals surface area contributed by atoms with Gasteiger partial charge in [-0.25, -0.2) is 0 Å². The molecule has 0 unspecified atom stereocenters. The summed E-state index contributed by atoms with van der Waals surface area (Å²) in [6, 6.07) is 14.8. The molecule has 0 bridgehead atoms. The number of ether oxygens (including phenoxy) is 8. The fourth-order valence-electron chi connectivity index (χ4n) is 7.39. The van der Waals surface area contributed by atoms with Gasteiger partial charge in [0.05, 0.1) is 68.3 Å². The molecule has 3 N–H and O–H groups in total. The average molecular weight is 901 g/mol. The van der Waals surface area contributed by atoms with Gasteiger partial charge in [0.15, 0.2) is 40.2 Å². The predicted octanol–water partition coefficient (Wildman–Crippen LogP) is 10.6. The van der Waals surface area contributed by atoms with Crippen LogP contribution in [0.3, 0.4) is 0 Å². The van der Waals surface area contributed by atoms with Crippen LogP contribution in [0.2, 0.25) is 18.1 Å². The smallest absolute Gasteiger partial charge is 0.250 e. The second-order valence-electron chi connectivity index (χ2n) is 16.3. The van der Waals surface area contributed by atoms with Crippen LogP contribution in [0.15, 0.2) is 71.0 Å². The molecule has 6 rings (SSSR count). The predicted molar refractivity (Wildman–Crippen MR) is 254 cm³/mol. The number of allylic oxidation sites excluding steroid dienone is 2. The molecule has 346 valence electrons. The van der Waals surface area contributed by atoms with Gasteiger partial charge >= 0.3 is 0 Å². The molecule has 0 heterocycles. The van der Waals surface area contributed by atoms with E-state index in [2.05, 4.69) is 44.2 Å². The Morgan fingerprint density at radius 3 is 1.27 bits per heavy atom. The second kappa shape index (κ2) is 21.3. The molecule has 0 saturated heterocycles. The minimum atomic E-state index is -2.13. The van der Waals surface area contributed by atoms with Crippen molar-refractivity contribution in [1.82, 2.24) is 0 Å². The van der Waals surface area contributed by atoms with E-state index in [9.17, 15) is 15.5 Å². The molecule has 0 radical (unpaired) electrons. The Balaban J connectivity index is 0.000000283. The van der Waals surface area contributed by atoms with E-state index in [1.807, 2.05) is 42.5 Å². The number of aromatic hydroxyl groups is 1. The fourth-order valence-corrected chi connectivity index (χ4v) is 8.41. The first-order chi connectivity index (χ1) is 30.1. The molecular formula is C49H64N2O12Si. The van der Waals surface area contributed by atoms with Crippen molar-refractivity contribution >= 4 is 30.9 Å². The summed E-state index contributed by atoms with van der Waals surface area (Å²) in [5.41, 5.74) is 7.97. The van der Waals surface area contributed by atoms with Crippen LogP contribution in [0.1, 0.15) is 74.4 Å². The molecule has 0 fully saturated rings. The van der Waals surface area contributed by atoms with Crippen LogP contribution >= 0.6 is 0 Å². The monoisotopic (exact) mass is 900 g/mol. The lowest BCUT2D eigenvalue weighted by atomic mass is 9.92. The Labute approximate surface area is 378 Å². The SMILES string of the molecule is C.COc1ccc(C2=C/C(=N/O)CCc3c2cc(OC)c(OC)c3OC)cc1O.COc1ccc(C2=C/C(=N/O)CCc3c2cc(OC)c(OC)c3OC)cc1O[Si](C)(C)C(C)(C)C. The van der Waals surface area contributed by atoms with Crippen molar-refractivity contribution in [3.8, 4) is 57.5 Å². The highest BCUT2D eigenvalue weighted by atomic mass is 28.4. The van der Waals surface area contributed by atoms with Gasteiger partial charge in [-0.2, -0.15) is 0 Å². The maximum atomic E-state index is 10.2. The van der Waals surface area contributed by atoms with Crippen molar-refractivity contribution in [3.63, 3.8) is 0 Å². The highest BCUT2D eigenvalue weighted by molar-refractivity contribution is 6.74. The van der Waals surface area contributed by atoms with Crippen molar-refractivity contribution in [2.45, 2.75) is 72.0 Å². The van der Waals surface area contributed by atoms with E-state index < -0.39 is 8.32 Å². The number of benzene rings is 4. The van der Waals surface area contributed by atoms with E-state index in [4.69, 9.17) is 42.3 Å². The quantitative estimate of drug-likeness (QED) is 0.0700. The minimum absolute atomic E-state index is 0. The maximum Gasteiger partial charge on any atom is 0.250 e. The van der Waals surface area contributed by atoms with Gasteiger partial charge in [-0.1, -0.05) is 50.6 Å². The Morgan fingerprint density at radius 1 is 0.500 bits per heavy atom. The number of hydrogen-bond acceptors (Lipinski definition) is 14. The minimum Gasteiger partial charge on any atom is -0.541 e. The van der Waals surface area contributed by atoms with Gasteiger partial charge in [0.2, 0.25) is 11.5 Å². The van der Waals surface area contributed by atoms with Crippen LogP contribution in [-0.4, -0.2) is 92.1 Å². The average Bonchev–Trinajstić information content (AvgIpc) is 3.59. The maximum absolute atomic E-state index is 10.2. The molecule has 14 nitrogen and oxygen atoms in total. The van der Waals surface area contributed by atoms with Crippen molar-refractivity contribution in [2.24, 2.45) is 10.3 Å². The van der Waals surface area contributed by atoms with Gasteiger partial charge in [0.1, 0.15) is 5.75 Å². The lowest BCUT2D eigenvalue weighted by Crippen LogP contribution is -2.43. The van der Waals surface area contributed by atoms with E-state index in [0.29, 0.717) is 88.9 Å². The molecule has 64 heavy (non-hydrogen) atoms. The number of phenols is 1. The van der Waals surface area contributed by atoms with Crippen molar-refractivity contribution < 1.29 is 57.8 Å². The van der Waals surface area contributed by atoms with Crippen LogP contribution in [0.4, 0.5) is 0 Å². The molecule has 0 aromatic heterocycles. The summed E-state index contributed by atoms with van der Waals surface area (Å²) in [6.07, 6.45) is 5.94. The van der Waals surface area contributed by atoms with E-state index in [1.165, 1.54) is 7.11 Å². The summed E-state index contributed by atoms with van der Waals surface area (Å²) < 4.78 is 51.1. The van der Waals surface area contributed by atoms with E-state index in [-0.39, 0.29) is 18.2 Å². The number of phenolic OH excluding ortho intramolecular Hbond substituents is 1. The summed E-state index contributed by atoms with van der Waals surface area (Å²) >= 11 is 0. The third-order valence-corrected chi connectivity index (χ3v) is 16.1. The van der Waals surface area contributed by atoms with Gasteiger partial charge in [0, 0.05) is 11.1 Å². The first-order valence-corrected chi connectivity index (χ1v) is 23.2. The molecule has 2 aliphatic rings. The van der Waals surface area contributed by atoms with Crippen molar-refractivity contribution in [2.75, 3.05) is 56.9 Å². The summed E-state index contributed by atoms with van der Waals surface area (Å²) in [5, 5.41) is 36.3. The Morgan fingerprint density at radius 2 is 0.906 bits per heavy atom. The van der Waals surface area contributed by atoms with Crippen LogP contribution in [-0.2, 0) is 12.8 Å². The Hall–Kier alpha value is -6.48. The summed E-state index contributed by atoms with van der Waals surface area (Å²) in [5.74, 6) is 5.06. The van der Waals surface area contributed by atoms with E-state index in [0.717, 1.165) is 44.5 Å². The zero-order chi connectivity index (χ0) is 46.2. The molecule has 0 aliphatic heterocycles. The zero-order valence-corrected chi connectivity index (χ0v) is 39.5. The number of fused-ring (bicyclic) bond motifs is 2. The van der Waals surface area contributed by atoms with E-state index in [1.54, 1.807) is 68.0 Å². The lowest BCUT2D eigenvalue weighted by molar-refractivity contribution is 0.317. The topological polar surface area (TPSA) is 168 Å². The van der Waals surface area contributed by atoms with Crippen molar-refractivity contribution in [3.05, 3.63) is 94.1 Å². The number of rotatable bonds is 12. The number of hydrogen-bond donors (Lipinski definition) is 3. The number of oxime groups is 2. The van der Waals surface area contributed by atoms with Crippen LogP contribution < -0.4 is 42.3 Å². The highest BCUT2D eigenvalue weighted by Crippen LogP contribution is 2.49. The highest BCUT2D eigenvalue weighted by Gasteiger charge is 2.40. The first kappa shape index (κ1) is 50.2. The summed E-state index contributed by atoms with van der Waals surface area (Å²) in [7, 11) is 10.5. The molecule has 15 heteroatoms. The second-order valence-corrected chi connectivity index (χ2v) is 21.0. The largest absolute Gasteiger partial charge is 0.541 e. The van der Waals surface area contributed by atoms with Crippen molar-refractivity contribution in [1.29, 1.82) is 0 Å². The van der Waals surface area contributed by atoms with Gasteiger partial charge < -0.3 is 57.8 Å². The summed E-state index contributed by atoms with van der Waals surface area (Å²) in [4.78, 5) is 0. The molecule has 0 atom stereocenters. The van der Waals surface area contributed by atoms with Gasteiger partial charge in [-0.3, -0.25) is 0 Å². The van der Waals surface area contributed by atoms with E-state index >= 15 is 0 Å². The van der Waals surface area contributed by atoms with Gasteiger partial charge in [-0.05, 0) is 126 Å². The van der Waals surface area contributed by atoms with Gasteiger partial charge in [0.25, 0.3) is 8.32 Å². The first-order valence-electron chi connectivity index (χ1n) is 20.3. The van der Waals surface area contributed by atoms with Gasteiger partial charge in [-0.15, -0.1) is 0 Å². The van der Waals surface area contributed by atoms with Crippen LogP contribution in [0, 0.1) is 0 Å². The number of methoxy groups -OCH3 is 8. The standard InChI is InChI=1S/C27H37NO6Si.C21H23NO6.CH4/c1-27(2,3)35(8,9)34-23-14-17(10-13-22(23)30-4)20-15-18(28-29)11-12-19-21(20)16-24(31-5)26(33-7)25(19)32-6;1-25-18-8-5-12(9-17(18)23)15-10-13(22-24)6-7-14-16(15)11-19(26-2)21(28-4)20(14)27-3;/h10,13-16,29H,11-12H2,1-9H3;5,8-11,23-24H,6-7H2,1-4H3;1H4/b28-18+;22-13+;. The third-order valence-electron chi connectivity index (χ3n) is 11.7. The Bertz CT molecular complexity index is 2430. The molecular weight excluding hydrogens is 837 g/mol.